The van der Waals surface area contributed by atoms with Crippen LogP contribution in [0.4, 0.5) is 4.79 Å². The van der Waals surface area contributed by atoms with Gasteiger partial charge < -0.3 is 10.1 Å². The zero-order chi connectivity index (χ0) is 16.3. The third kappa shape index (κ3) is 4.98. The van der Waals surface area contributed by atoms with E-state index in [0.717, 1.165) is 0 Å². The Morgan fingerprint density at radius 2 is 2.09 bits per heavy atom. The highest BCUT2D eigenvalue weighted by Crippen LogP contribution is 2.29. The molecule has 1 saturated carbocycles. The summed E-state index contributed by atoms with van der Waals surface area (Å²) < 4.78 is 5.19. The molecule has 0 aliphatic heterocycles. The first-order valence-electron chi connectivity index (χ1n) is 7.35. The van der Waals surface area contributed by atoms with Crippen LogP contribution in [0.2, 0.25) is 5.02 Å². The number of Topliss-reactive ketones (excluding diaryl/α,β-unsaturated/α-hetero) is 1. The fourth-order valence-electron chi connectivity index (χ4n) is 2.34. The number of carbonyl (C=O) groups excluding carboxylic acids is 2. The molecular weight excluding hydrogens is 304 g/mol. The number of hydrogen-bond donors (Lipinski definition) is 1. The van der Waals surface area contributed by atoms with Gasteiger partial charge in [-0.15, -0.1) is 0 Å². The number of halogens is 1. The van der Waals surface area contributed by atoms with Crippen molar-refractivity contribution in [3.63, 3.8) is 0 Å². The minimum absolute atomic E-state index is 0.0103. The van der Waals surface area contributed by atoms with E-state index in [2.05, 4.69) is 10.3 Å². The van der Waals surface area contributed by atoms with Crippen molar-refractivity contribution >= 4 is 23.5 Å². The predicted molar refractivity (Wildman–Crippen MR) is 83.8 cm³/mol. The number of amides is 1. The Kier molecular flexibility index (Phi) is 5.06. The molecule has 22 heavy (non-hydrogen) atoms. The second kappa shape index (κ2) is 6.65. The van der Waals surface area contributed by atoms with Crippen LogP contribution in [0.1, 0.15) is 39.3 Å². The topological polar surface area (TPSA) is 68.3 Å². The van der Waals surface area contributed by atoms with Gasteiger partial charge in [0, 0.05) is 35.3 Å². The summed E-state index contributed by atoms with van der Waals surface area (Å²) in [6.45, 7) is 5.45. The number of rotatable bonds is 4. The zero-order valence-corrected chi connectivity index (χ0v) is 13.8. The maximum absolute atomic E-state index is 12.1. The molecule has 2 rings (SSSR count). The minimum atomic E-state index is -0.513. The molecule has 1 amide bonds. The van der Waals surface area contributed by atoms with Gasteiger partial charge in [0.25, 0.3) is 0 Å². The first-order valence-corrected chi connectivity index (χ1v) is 7.73. The lowest BCUT2D eigenvalue weighted by molar-refractivity contribution is -0.125. The highest BCUT2D eigenvalue weighted by atomic mass is 35.5. The van der Waals surface area contributed by atoms with Crippen LogP contribution in [0.5, 0.6) is 0 Å². The number of hydrogen-bond acceptors (Lipinski definition) is 4. The second-order valence-electron chi connectivity index (χ2n) is 6.62. The molecule has 1 heterocycles. The van der Waals surface area contributed by atoms with Crippen LogP contribution in [0, 0.1) is 5.92 Å². The van der Waals surface area contributed by atoms with Crippen molar-refractivity contribution in [2.45, 2.75) is 51.7 Å². The van der Waals surface area contributed by atoms with E-state index >= 15 is 0 Å². The smallest absolute Gasteiger partial charge is 0.407 e. The third-order valence-corrected chi connectivity index (χ3v) is 3.68. The molecule has 0 atom stereocenters. The Morgan fingerprint density at radius 1 is 1.41 bits per heavy atom. The van der Waals surface area contributed by atoms with Crippen LogP contribution < -0.4 is 5.32 Å². The van der Waals surface area contributed by atoms with Crippen molar-refractivity contribution in [2.24, 2.45) is 5.92 Å². The molecule has 0 bridgehead atoms. The van der Waals surface area contributed by atoms with Gasteiger partial charge in [-0.25, -0.2) is 4.79 Å². The van der Waals surface area contributed by atoms with Gasteiger partial charge in [0.05, 0.1) is 0 Å². The van der Waals surface area contributed by atoms with Crippen molar-refractivity contribution in [3.05, 3.63) is 29.0 Å². The maximum Gasteiger partial charge on any atom is 0.407 e. The number of alkyl carbamates (subject to hydrolysis) is 1. The first kappa shape index (κ1) is 16.7. The van der Waals surface area contributed by atoms with Crippen LogP contribution in [0.3, 0.4) is 0 Å². The van der Waals surface area contributed by atoms with Crippen LogP contribution in [0.25, 0.3) is 0 Å². The number of pyridine rings is 1. The molecule has 0 aromatic carbocycles. The van der Waals surface area contributed by atoms with Crippen LogP contribution in [0.15, 0.2) is 18.3 Å². The highest BCUT2D eigenvalue weighted by Gasteiger charge is 2.35. The van der Waals surface area contributed by atoms with Gasteiger partial charge in [0.1, 0.15) is 11.4 Å². The molecule has 1 fully saturated rings. The van der Waals surface area contributed by atoms with Crippen LogP contribution in [-0.2, 0) is 16.0 Å². The van der Waals surface area contributed by atoms with Gasteiger partial charge in [-0.2, -0.15) is 0 Å². The number of nitrogens with zero attached hydrogens (tertiary/aromatic N) is 1. The first-order chi connectivity index (χ1) is 10.2. The van der Waals surface area contributed by atoms with Gasteiger partial charge >= 0.3 is 6.09 Å². The quantitative estimate of drug-likeness (QED) is 0.923. The average Bonchev–Trinajstić information content (AvgIpc) is 2.30. The Labute approximate surface area is 135 Å². The van der Waals surface area contributed by atoms with Gasteiger partial charge in [0.2, 0.25) is 0 Å². The summed E-state index contributed by atoms with van der Waals surface area (Å²) in [7, 11) is 0. The average molecular weight is 325 g/mol. The van der Waals surface area contributed by atoms with Gasteiger partial charge in [-0.05, 0) is 45.7 Å². The van der Waals surface area contributed by atoms with Crippen LogP contribution in [-0.4, -0.2) is 28.5 Å². The molecule has 6 heteroatoms. The molecule has 1 aliphatic carbocycles. The van der Waals surface area contributed by atoms with E-state index in [0.29, 0.717) is 23.6 Å². The Morgan fingerprint density at radius 3 is 2.68 bits per heavy atom. The van der Waals surface area contributed by atoms with Gasteiger partial charge in [-0.3, -0.25) is 9.78 Å². The highest BCUT2D eigenvalue weighted by molar-refractivity contribution is 6.30. The van der Waals surface area contributed by atoms with Crippen molar-refractivity contribution in [2.75, 3.05) is 0 Å². The Hall–Kier alpha value is -1.62. The molecule has 1 aliphatic rings. The molecule has 0 unspecified atom stereocenters. The summed E-state index contributed by atoms with van der Waals surface area (Å²) in [5, 5.41) is 3.36. The van der Waals surface area contributed by atoms with Crippen molar-refractivity contribution in [1.82, 2.24) is 10.3 Å². The molecule has 1 aromatic rings. The van der Waals surface area contributed by atoms with E-state index in [9.17, 15) is 9.59 Å². The minimum Gasteiger partial charge on any atom is -0.444 e. The number of nitrogens with one attached hydrogen (secondary N) is 1. The van der Waals surface area contributed by atoms with E-state index in [1.807, 2.05) is 20.8 Å². The van der Waals surface area contributed by atoms with E-state index in [1.165, 1.54) is 0 Å². The number of carbonyl (C=O) groups is 2. The molecular formula is C16H21ClN2O3. The molecule has 120 valence electrons. The normalized spacial score (nSPS) is 20.9. The Bertz CT molecular complexity index is 563. The lowest BCUT2D eigenvalue weighted by Crippen LogP contribution is -2.48. The van der Waals surface area contributed by atoms with Crippen molar-refractivity contribution < 1.29 is 14.3 Å². The summed E-state index contributed by atoms with van der Waals surface area (Å²) in [5.41, 5.74) is 0.169. The molecule has 0 saturated heterocycles. The van der Waals surface area contributed by atoms with Gasteiger partial charge in [0.15, 0.2) is 0 Å². The summed E-state index contributed by atoms with van der Waals surface area (Å²) in [6, 6.07) is 3.39. The van der Waals surface area contributed by atoms with Crippen molar-refractivity contribution in [3.8, 4) is 0 Å². The molecule has 0 radical (unpaired) electrons. The summed E-state index contributed by atoms with van der Waals surface area (Å²) >= 11 is 5.88. The summed E-state index contributed by atoms with van der Waals surface area (Å²) in [4.78, 5) is 27.9. The molecule has 1 N–H and O–H groups in total. The molecule has 1 aromatic heterocycles. The number of aromatic nitrogens is 1. The summed E-state index contributed by atoms with van der Waals surface area (Å²) in [5.74, 6) is 0.109. The third-order valence-electron chi connectivity index (χ3n) is 3.45. The zero-order valence-electron chi connectivity index (χ0n) is 13.1. The lowest BCUT2D eigenvalue weighted by Gasteiger charge is -2.35. The van der Waals surface area contributed by atoms with E-state index in [4.69, 9.17) is 16.3 Å². The molecule has 5 nitrogen and oxygen atoms in total. The number of ether oxygens (including phenoxy) is 1. The van der Waals surface area contributed by atoms with Crippen molar-refractivity contribution in [1.29, 1.82) is 0 Å². The SMILES string of the molecule is CC(C)(C)OC(=O)NC1CC(C(=O)Cc2cc(Cl)ccn2)C1. The standard InChI is InChI=1S/C16H21ClN2O3/c1-16(2,3)22-15(21)19-13-6-10(7-13)14(20)9-12-8-11(17)4-5-18-12/h4-5,8,10,13H,6-7,9H2,1-3H3,(H,19,21). The second-order valence-corrected chi connectivity index (χ2v) is 7.06. The Balaban J connectivity index is 1.74. The largest absolute Gasteiger partial charge is 0.444 e. The predicted octanol–water partition coefficient (Wildman–Crippen LogP) is 3.15. The fourth-order valence-corrected chi connectivity index (χ4v) is 2.52. The van der Waals surface area contributed by atoms with E-state index in [-0.39, 0.29) is 24.2 Å². The number of ketones is 1. The summed E-state index contributed by atoms with van der Waals surface area (Å²) in [6.07, 6.45) is 2.75. The fraction of sp³-hybridized carbons (Fsp3) is 0.562. The van der Waals surface area contributed by atoms with Crippen LogP contribution >= 0.6 is 11.6 Å². The molecule has 0 spiro atoms. The maximum atomic E-state index is 12.1. The monoisotopic (exact) mass is 324 g/mol. The van der Waals surface area contributed by atoms with Gasteiger partial charge in [-0.1, -0.05) is 11.6 Å². The van der Waals surface area contributed by atoms with E-state index < -0.39 is 11.7 Å². The lowest BCUT2D eigenvalue weighted by atomic mass is 9.76. The van der Waals surface area contributed by atoms with E-state index in [1.54, 1.807) is 18.3 Å².